The maximum atomic E-state index is 11.7. The third-order valence-electron chi connectivity index (χ3n) is 2.86. The molecule has 1 aliphatic carbocycles. The molecule has 1 unspecified atom stereocenters. The molecule has 0 saturated heterocycles. The number of aromatic nitrogens is 1. The van der Waals surface area contributed by atoms with E-state index in [9.17, 15) is 9.90 Å². The quantitative estimate of drug-likeness (QED) is 0.747. The van der Waals surface area contributed by atoms with Crippen LogP contribution in [0.15, 0.2) is 10.6 Å². The molecule has 2 N–H and O–H groups in total. The zero-order chi connectivity index (χ0) is 13.0. The smallest absolute Gasteiger partial charge is 0.273 e. The van der Waals surface area contributed by atoms with Crippen molar-refractivity contribution in [2.24, 2.45) is 0 Å². The van der Waals surface area contributed by atoms with Crippen molar-refractivity contribution in [1.29, 1.82) is 0 Å². The summed E-state index contributed by atoms with van der Waals surface area (Å²) in [4.78, 5) is 11.7. The summed E-state index contributed by atoms with van der Waals surface area (Å²) in [6, 6.07) is 1.69. The molecule has 1 fully saturated rings. The number of rotatable bonds is 7. The molecule has 1 aliphatic rings. The minimum atomic E-state index is -0.561. The molecule has 6 nitrogen and oxygen atoms in total. The largest absolute Gasteiger partial charge is 0.391 e. The molecule has 2 rings (SSSR count). The highest BCUT2D eigenvalue weighted by molar-refractivity contribution is 5.92. The standard InChI is InChI=1S/C12H18N2O4/c1-17-7-9(15)4-5-13-12(16)10-6-11(18-14-10)8-2-3-8/h6,8-9,15H,2-5,7H2,1H3,(H,13,16). The van der Waals surface area contributed by atoms with Gasteiger partial charge in [0, 0.05) is 25.6 Å². The van der Waals surface area contributed by atoms with E-state index < -0.39 is 6.10 Å². The van der Waals surface area contributed by atoms with Gasteiger partial charge in [-0.1, -0.05) is 5.16 Å². The molecule has 100 valence electrons. The second kappa shape index (κ2) is 5.97. The van der Waals surface area contributed by atoms with Crippen LogP contribution in [0.1, 0.15) is 41.4 Å². The van der Waals surface area contributed by atoms with Gasteiger partial charge in [0.2, 0.25) is 0 Å². The van der Waals surface area contributed by atoms with Crippen molar-refractivity contribution >= 4 is 5.91 Å². The first-order valence-electron chi connectivity index (χ1n) is 6.12. The lowest BCUT2D eigenvalue weighted by atomic mass is 10.2. The number of aliphatic hydroxyl groups is 1. The monoisotopic (exact) mass is 254 g/mol. The predicted molar refractivity (Wildman–Crippen MR) is 63.3 cm³/mol. The van der Waals surface area contributed by atoms with Crippen molar-refractivity contribution in [3.8, 4) is 0 Å². The highest BCUT2D eigenvalue weighted by Crippen LogP contribution is 2.40. The molecule has 6 heteroatoms. The molecule has 1 heterocycles. The van der Waals surface area contributed by atoms with Crippen LogP contribution in [0.4, 0.5) is 0 Å². The minimum absolute atomic E-state index is 0.268. The molecule has 0 radical (unpaired) electrons. The second-order valence-corrected chi connectivity index (χ2v) is 4.54. The van der Waals surface area contributed by atoms with Gasteiger partial charge in [-0.05, 0) is 19.3 Å². The number of carbonyl (C=O) groups excluding carboxylic acids is 1. The van der Waals surface area contributed by atoms with E-state index in [2.05, 4.69) is 10.5 Å². The molecule has 0 aromatic carbocycles. The van der Waals surface area contributed by atoms with Gasteiger partial charge in [-0.25, -0.2) is 0 Å². The van der Waals surface area contributed by atoms with Crippen molar-refractivity contribution in [2.45, 2.75) is 31.3 Å². The van der Waals surface area contributed by atoms with E-state index in [0.29, 0.717) is 24.6 Å². The fourth-order valence-electron chi connectivity index (χ4n) is 1.68. The van der Waals surface area contributed by atoms with Crippen LogP contribution in [0.3, 0.4) is 0 Å². The number of hydrogen-bond donors (Lipinski definition) is 2. The van der Waals surface area contributed by atoms with Crippen LogP contribution in [0, 0.1) is 0 Å². The molecular weight excluding hydrogens is 236 g/mol. The lowest BCUT2D eigenvalue weighted by Gasteiger charge is -2.09. The van der Waals surface area contributed by atoms with Crippen LogP contribution < -0.4 is 5.32 Å². The van der Waals surface area contributed by atoms with Gasteiger partial charge in [-0.3, -0.25) is 4.79 Å². The number of carbonyl (C=O) groups is 1. The average Bonchev–Trinajstić information content (AvgIpc) is 3.07. The molecule has 1 aromatic heterocycles. The maximum absolute atomic E-state index is 11.7. The minimum Gasteiger partial charge on any atom is -0.391 e. The number of ether oxygens (including phenoxy) is 1. The molecule has 18 heavy (non-hydrogen) atoms. The Balaban J connectivity index is 1.73. The maximum Gasteiger partial charge on any atom is 0.273 e. The Morgan fingerprint density at radius 2 is 2.50 bits per heavy atom. The first-order chi connectivity index (χ1) is 8.70. The number of methoxy groups -OCH3 is 1. The lowest BCUT2D eigenvalue weighted by Crippen LogP contribution is -2.28. The molecule has 1 amide bonds. The third kappa shape index (κ3) is 3.54. The summed E-state index contributed by atoms with van der Waals surface area (Å²) in [6.45, 7) is 0.653. The van der Waals surface area contributed by atoms with Crippen LogP contribution in [0.2, 0.25) is 0 Å². The van der Waals surface area contributed by atoms with E-state index in [0.717, 1.165) is 18.6 Å². The van der Waals surface area contributed by atoms with Crippen molar-refractivity contribution in [2.75, 3.05) is 20.3 Å². The number of amides is 1. The lowest BCUT2D eigenvalue weighted by molar-refractivity contribution is 0.0587. The van der Waals surface area contributed by atoms with Crippen molar-refractivity contribution in [1.82, 2.24) is 10.5 Å². The first-order valence-corrected chi connectivity index (χ1v) is 6.12. The Hall–Kier alpha value is -1.40. The van der Waals surface area contributed by atoms with Gasteiger partial charge in [0.1, 0.15) is 5.76 Å². The number of aliphatic hydroxyl groups excluding tert-OH is 1. The Bertz CT molecular complexity index is 401. The Morgan fingerprint density at radius 3 is 3.17 bits per heavy atom. The first kappa shape index (κ1) is 13.0. The summed E-state index contributed by atoms with van der Waals surface area (Å²) in [7, 11) is 1.52. The molecule has 0 spiro atoms. The van der Waals surface area contributed by atoms with Crippen molar-refractivity contribution in [3.63, 3.8) is 0 Å². The van der Waals surface area contributed by atoms with Crippen molar-refractivity contribution in [3.05, 3.63) is 17.5 Å². The highest BCUT2D eigenvalue weighted by Gasteiger charge is 2.28. The SMILES string of the molecule is COCC(O)CCNC(=O)c1cc(C2CC2)on1. The summed E-state index contributed by atoms with van der Waals surface area (Å²) in [6.07, 6.45) is 2.11. The van der Waals surface area contributed by atoms with Crippen LogP contribution >= 0.6 is 0 Å². The van der Waals surface area contributed by atoms with Gasteiger partial charge in [-0.2, -0.15) is 0 Å². The van der Waals surface area contributed by atoms with E-state index in [-0.39, 0.29) is 12.5 Å². The van der Waals surface area contributed by atoms with Gasteiger partial charge in [-0.15, -0.1) is 0 Å². The molecule has 0 bridgehead atoms. The predicted octanol–water partition coefficient (Wildman–Crippen LogP) is 0.679. The van der Waals surface area contributed by atoms with E-state index in [4.69, 9.17) is 9.26 Å². The highest BCUT2D eigenvalue weighted by atomic mass is 16.5. The Morgan fingerprint density at radius 1 is 1.72 bits per heavy atom. The topological polar surface area (TPSA) is 84.6 Å². The Labute approximate surface area is 105 Å². The van der Waals surface area contributed by atoms with E-state index >= 15 is 0 Å². The number of nitrogens with one attached hydrogen (secondary N) is 1. The van der Waals surface area contributed by atoms with Gasteiger partial charge in [0.25, 0.3) is 5.91 Å². The zero-order valence-corrected chi connectivity index (χ0v) is 10.4. The molecule has 1 atom stereocenters. The van der Waals surface area contributed by atoms with E-state index in [1.54, 1.807) is 6.07 Å². The average molecular weight is 254 g/mol. The van der Waals surface area contributed by atoms with Crippen LogP contribution in [-0.4, -0.2) is 42.5 Å². The fraction of sp³-hybridized carbons (Fsp3) is 0.667. The van der Waals surface area contributed by atoms with Gasteiger partial charge in [0.05, 0.1) is 12.7 Å². The van der Waals surface area contributed by atoms with E-state index in [1.807, 2.05) is 0 Å². The molecule has 1 saturated carbocycles. The summed E-state index contributed by atoms with van der Waals surface area (Å²) in [5, 5.41) is 15.8. The second-order valence-electron chi connectivity index (χ2n) is 4.54. The zero-order valence-electron chi connectivity index (χ0n) is 10.4. The molecule has 1 aromatic rings. The van der Waals surface area contributed by atoms with Gasteiger partial charge < -0.3 is 19.7 Å². The van der Waals surface area contributed by atoms with Gasteiger partial charge in [0.15, 0.2) is 5.69 Å². The summed E-state index contributed by atoms with van der Waals surface area (Å²) in [5.74, 6) is 0.970. The van der Waals surface area contributed by atoms with Crippen LogP contribution in [0.25, 0.3) is 0 Å². The normalized spacial score (nSPS) is 16.6. The summed E-state index contributed by atoms with van der Waals surface area (Å²) >= 11 is 0. The number of hydrogen-bond acceptors (Lipinski definition) is 5. The molecular formula is C12H18N2O4. The van der Waals surface area contributed by atoms with Crippen LogP contribution in [0.5, 0.6) is 0 Å². The third-order valence-corrected chi connectivity index (χ3v) is 2.86. The van der Waals surface area contributed by atoms with Gasteiger partial charge >= 0.3 is 0 Å². The molecule has 0 aliphatic heterocycles. The van der Waals surface area contributed by atoms with Crippen LogP contribution in [-0.2, 0) is 4.74 Å². The summed E-state index contributed by atoms with van der Waals surface area (Å²) < 4.78 is 9.89. The summed E-state index contributed by atoms with van der Waals surface area (Å²) in [5.41, 5.74) is 0.304. The van der Waals surface area contributed by atoms with E-state index in [1.165, 1.54) is 7.11 Å². The van der Waals surface area contributed by atoms with Crippen molar-refractivity contribution < 1.29 is 19.2 Å². The Kier molecular flexibility index (Phi) is 4.33. The number of nitrogens with zero attached hydrogens (tertiary/aromatic N) is 1. The fourth-order valence-corrected chi connectivity index (χ4v) is 1.68.